The van der Waals surface area contributed by atoms with Crippen molar-refractivity contribution in [3.63, 3.8) is 0 Å². The minimum atomic E-state index is -0.105. The Morgan fingerprint density at radius 1 is 1.24 bits per heavy atom. The Morgan fingerprint density at radius 3 is 2.71 bits per heavy atom. The first kappa shape index (κ1) is 16.5. The lowest BCUT2D eigenvalue weighted by Gasteiger charge is -2.38. The Morgan fingerprint density at radius 2 is 2.05 bits per heavy atom. The Balaban J connectivity index is 2.05. The van der Waals surface area contributed by atoms with E-state index in [0.29, 0.717) is 5.92 Å². The molecule has 3 atom stereocenters. The summed E-state index contributed by atoms with van der Waals surface area (Å²) in [4.78, 5) is 0. The largest absolute Gasteiger partial charge is 0.317 e. The minimum absolute atomic E-state index is 0.105. The lowest BCUT2D eigenvalue weighted by molar-refractivity contribution is 0.145. The molecule has 118 valence electrons. The molecule has 2 rings (SSSR count). The first-order chi connectivity index (χ1) is 10.1. The van der Waals surface area contributed by atoms with E-state index in [1.54, 1.807) is 6.07 Å². The number of halogens is 1. The fourth-order valence-electron chi connectivity index (χ4n) is 3.78. The van der Waals surface area contributed by atoms with Crippen molar-refractivity contribution in [2.24, 2.45) is 23.7 Å². The van der Waals surface area contributed by atoms with Crippen LogP contribution >= 0.6 is 0 Å². The molecule has 0 amide bonds. The second kappa shape index (κ2) is 7.93. The standard InChI is InChI=1S/C19H30FN/c1-4-21-13-17-9-8-16(14(2)3)12-18(17)10-15-6-5-7-19(20)11-15/h5-7,11,14,16-18,21H,4,8-10,12-13H2,1-3H3. The summed E-state index contributed by atoms with van der Waals surface area (Å²) in [5.41, 5.74) is 1.16. The monoisotopic (exact) mass is 291 g/mol. The van der Waals surface area contributed by atoms with E-state index in [-0.39, 0.29) is 5.82 Å². The molecule has 0 radical (unpaired) electrons. The SMILES string of the molecule is CCNCC1CCC(C(C)C)CC1Cc1cccc(F)c1. The smallest absolute Gasteiger partial charge is 0.123 e. The third-order valence-corrected chi connectivity index (χ3v) is 5.17. The van der Waals surface area contributed by atoms with Crippen LogP contribution < -0.4 is 5.32 Å². The number of hydrogen-bond acceptors (Lipinski definition) is 1. The molecule has 1 aromatic rings. The third-order valence-electron chi connectivity index (χ3n) is 5.17. The van der Waals surface area contributed by atoms with Gasteiger partial charge < -0.3 is 5.32 Å². The molecule has 0 aliphatic heterocycles. The molecule has 1 nitrogen and oxygen atoms in total. The number of nitrogens with one attached hydrogen (secondary N) is 1. The third kappa shape index (κ3) is 4.81. The maximum Gasteiger partial charge on any atom is 0.123 e. The van der Waals surface area contributed by atoms with E-state index in [1.807, 2.05) is 6.07 Å². The Labute approximate surface area is 129 Å². The molecule has 1 fully saturated rings. The topological polar surface area (TPSA) is 12.0 Å². The van der Waals surface area contributed by atoms with Crippen LogP contribution in [0, 0.1) is 29.5 Å². The predicted octanol–water partition coefficient (Wildman–Crippen LogP) is 4.67. The average Bonchev–Trinajstić information content (AvgIpc) is 2.46. The summed E-state index contributed by atoms with van der Waals surface area (Å²) in [6, 6.07) is 7.17. The van der Waals surface area contributed by atoms with Crippen molar-refractivity contribution in [3.05, 3.63) is 35.6 Å². The highest BCUT2D eigenvalue weighted by Crippen LogP contribution is 2.39. The quantitative estimate of drug-likeness (QED) is 0.803. The van der Waals surface area contributed by atoms with E-state index in [1.165, 1.54) is 25.3 Å². The van der Waals surface area contributed by atoms with Crippen LogP contribution in [0.5, 0.6) is 0 Å². The Kier molecular flexibility index (Phi) is 6.22. The van der Waals surface area contributed by atoms with Crippen molar-refractivity contribution in [1.82, 2.24) is 5.32 Å². The summed E-state index contributed by atoms with van der Waals surface area (Å²) in [5.74, 6) is 2.92. The molecule has 1 N–H and O–H groups in total. The molecule has 0 saturated heterocycles. The second-order valence-electron chi connectivity index (χ2n) is 6.98. The first-order valence-corrected chi connectivity index (χ1v) is 8.55. The zero-order valence-electron chi connectivity index (χ0n) is 13.7. The van der Waals surface area contributed by atoms with Crippen LogP contribution in [0.4, 0.5) is 4.39 Å². The zero-order chi connectivity index (χ0) is 15.2. The molecule has 2 heteroatoms. The van der Waals surface area contributed by atoms with Crippen molar-refractivity contribution in [2.45, 2.75) is 46.5 Å². The lowest BCUT2D eigenvalue weighted by atomic mass is 9.68. The van der Waals surface area contributed by atoms with Gasteiger partial charge in [-0.2, -0.15) is 0 Å². The molecular formula is C19H30FN. The van der Waals surface area contributed by atoms with E-state index in [4.69, 9.17) is 0 Å². The summed E-state index contributed by atoms with van der Waals surface area (Å²) in [5, 5.41) is 3.52. The highest BCUT2D eigenvalue weighted by molar-refractivity contribution is 5.17. The van der Waals surface area contributed by atoms with Gasteiger partial charge in [-0.25, -0.2) is 4.39 Å². The fraction of sp³-hybridized carbons (Fsp3) is 0.684. The molecule has 0 heterocycles. The molecule has 0 aromatic heterocycles. The summed E-state index contributed by atoms with van der Waals surface area (Å²) < 4.78 is 13.4. The van der Waals surface area contributed by atoms with Crippen LogP contribution in [0.25, 0.3) is 0 Å². The summed E-state index contributed by atoms with van der Waals surface area (Å²) in [7, 11) is 0. The van der Waals surface area contributed by atoms with Gasteiger partial charge in [-0.05, 0) is 80.1 Å². The van der Waals surface area contributed by atoms with Gasteiger partial charge in [0.05, 0.1) is 0 Å². The van der Waals surface area contributed by atoms with Crippen LogP contribution in [0.15, 0.2) is 24.3 Å². The molecule has 3 unspecified atom stereocenters. The van der Waals surface area contributed by atoms with E-state index in [2.05, 4.69) is 32.2 Å². The van der Waals surface area contributed by atoms with Gasteiger partial charge in [0.25, 0.3) is 0 Å². The average molecular weight is 291 g/mol. The fourth-order valence-corrected chi connectivity index (χ4v) is 3.78. The maximum atomic E-state index is 13.4. The predicted molar refractivity (Wildman–Crippen MR) is 87.8 cm³/mol. The van der Waals surface area contributed by atoms with Crippen LogP contribution in [0.3, 0.4) is 0 Å². The molecule has 0 bridgehead atoms. The van der Waals surface area contributed by atoms with Gasteiger partial charge in [0.15, 0.2) is 0 Å². The molecule has 21 heavy (non-hydrogen) atoms. The summed E-state index contributed by atoms with van der Waals surface area (Å²) in [6.45, 7) is 9.00. The summed E-state index contributed by atoms with van der Waals surface area (Å²) >= 11 is 0. The van der Waals surface area contributed by atoms with Crippen LogP contribution in [-0.2, 0) is 6.42 Å². The highest BCUT2D eigenvalue weighted by Gasteiger charge is 2.31. The van der Waals surface area contributed by atoms with Crippen molar-refractivity contribution in [1.29, 1.82) is 0 Å². The number of rotatable bonds is 6. The molecule has 1 saturated carbocycles. The van der Waals surface area contributed by atoms with E-state index < -0.39 is 0 Å². The van der Waals surface area contributed by atoms with E-state index >= 15 is 0 Å². The summed E-state index contributed by atoms with van der Waals surface area (Å²) in [6.07, 6.45) is 4.99. The van der Waals surface area contributed by atoms with Crippen LogP contribution in [0.1, 0.15) is 45.6 Å². The molecule has 1 aliphatic carbocycles. The number of benzene rings is 1. The lowest BCUT2D eigenvalue weighted by Crippen LogP contribution is -2.35. The van der Waals surface area contributed by atoms with E-state index in [9.17, 15) is 4.39 Å². The van der Waals surface area contributed by atoms with Gasteiger partial charge in [0.2, 0.25) is 0 Å². The minimum Gasteiger partial charge on any atom is -0.317 e. The highest BCUT2D eigenvalue weighted by atomic mass is 19.1. The van der Waals surface area contributed by atoms with Gasteiger partial charge >= 0.3 is 0 Å². The maximum absolute atomic E-state index is 13.4. The van der Waals surface area contributed by atoms with Crippen LogP contribution in [-0.4, -0.2) is 13.1 Å². The van der Waals surface area contributed by atoms with Crippen molar-refractivity contribution < 1.29 is 4.39 Å². The van der Waals surface area contributed by atoms with Gasteiger partial charge in [0.1, 0.15) is 5.82 Å². The van der Waals surface area contributed by atoms with Crippen molar-refractivity contribution >= 4 is 0 Å². The normalized spacial score (nSPS) is 26.2. The molecule has 1 aromatic carbocycles. The van der Waals surface area contributed by atoms with Gasteiger partial charge in [-0.15, -0.1) is 0 Å². The number of hydrogen-bond donors (Lipinski definition) is 1. The molecular weight excluding hydrogens is 261 g/mol. The van der Waals surface area contributed by atoms with Crippen molar-refractivity contribution in [3.8, 4) is 0 Å². The van der Waals surface area contributed by atoms with Crippen LogP contribution in [0.2, 0.25) is 0 Å². The molecule has 0 spiro atoms. The van der Waals surface area contributed by atoms with Gasteiger partial charge in [-0.1, -0.05) is 32.9 Å². The Hall–Kier alpha value is -0.890. The van der Waals surface area contributed by atoms with Gasteiger partial charge in [0, 0.05) is 0 Å². The Bertz CT molecular complexity index is 429. The molecule has 1 aliphatic rings. The first-order valence-electron chi connectivity index (χ1n) is 8.55. The van der Waals surface area contributed by atoms with Crippen molar-refractivity contribution in [2.75, 3.05) is 13.1 Å². The van der Waals surface area contributed by atoms with Gasteiger partial charge in [-0.3, -0.25) is 0 Å². The zero-order valence-corrected chi connectivity index (χ0v) is 13.7. The van der Waals surface area contributed by atoms with E-state index in [0.717, 1.165) is 42.8 Å². The second-order valence-corrected chi connectivity index (χ2v) is 6.98.